The van der Waals surface area contributed by atoms with E-state index in [-0.39, 0.29) is 0 Å². The standard InChI is InChI=1S/C15H12N4O/c1-10-12(9-16)15(19(2)18-10)20-14-7-3-6-13-11(14)5-4-8-17-13/h3-8H,1-2H3. The molecule has 98 valence electrons. The SMILES string of the molecule is Cc1nn(C)c(Oc2cccc3ncccc23)c1C#N. The second kappa shape index (κ2) is 4.67. The molecule has 0 unspecified atom stereocenters. The fourth-order valence-corrected chi connectivity index (χ4v) is 2.15. The average Bonchev–Trinajstić information content (AvgIpc) is 2.73. The molecule has 3 rings (SSSR count). The summed E-state index contributed by atoms with van der Waals surface area (Å²) in [6.07, 6.45) is 1.74. The minimum atomic E-state index is 0.446. The van der Waals surface area contributed by atoms with E-state index >= 15 is 0 Å². The second-order valence-corrected chi connectivity index (χ2v) is 4.43. The number of rotatable bonds is 2. The molecule has 20 heavy (non-hydrogen) atoms. The number of nitrogens with zero attached hydrogens (tertiary/aromatic N) is 4. The summed E-state index contributed by atoms with van der Waals surface area (Å²) in [7, 11) is 1.76. The summed E-state index contributed by atoms with van der Waals surface area (Å²) < 4.78 is 7.48. The number of aryl methyl sites for hydroxylation is 2. The Labute approximate surface area is 116 Å². The smallest absolute Gasteiger partial charge is 0.235 e. The normalized spacial score (nSPS) is 10.4. The summed E-state index contributed by atoms with van der Waals surface area (Å²) in [4.78, 5) is 4.29. The molecule has 0 radical (unpaired) electrons. The van der Waals surface area contributed by atoms with Gasteiger partial charge in [0, 0.05) is 18.6 Å². The second-order valence-electron chi connectivity index (χ2n) is 4.43. The lowest BCUT2D eigenvalue weighted by Gasteiger charge is -2.08. The Bertz CT molecular complexity index is 824. The molecule has 5 heteroatoms. The fourth-order valence-electron chi connectivity index (χ4n) is 2.15. The maximum Gasteiger partial charge on any atom is 0.235 e. The van der Waals surface area contributed by atoms with Crippen LogP contribution in [-0.2, 0) is 7.05 Å². The Balaban J connectivity index is 2.13. The van der Waals surface area contributed by atoms with Crippen molar-refractivity contribution in [1.82, 2.24) is 14.8 Å². The highest BCUT2D eigenvalue weighted by molar-refractivity contribution is 5.85. The highest BCUT2D eigenvalue weighted by Gasteiger charge is 2.16. The molecule has 3 aromatic rings. The first-order valence-corrected chi connectivity index (χ1v) is 6.16. The van der Waals surface area contributed by atoms with Gasteiger partial charge in [-0.15, -0.1) is 0 Å². The third-order valence-electron chi connectivity index (χ3n) is 3.09. The monoisotopic (exact) mass is 264 g/mol. The van der Waals surface area contributed by atoms with Crippen LogP contribution in [0.3, 0.4) is 0 Å². The molecule has 2 heterocycles. The van der Waals surface area contributed by atoms with Gasteiger partial charge in [0.2, 0.25) is 5.88 Å². The average molecular weight is 264 g/mol. The van der Waals surface area contributed by atoms with Crippen LogP contribution in [0, 0.1) is 18.3 Å². The van der Waals surface area contributed by atoms with Gasteiger partial charge in [0.15, 0.2) is 0 Å². The van der Waals surface area contributed by atoms with Gasteiger partial charge in [0.1, 0.15) is 17.4 Å². The maximum absolute atomic E-state index is 9.21. The lowest BCUT2D eigenvalue weighted by atomic mass is 10.2. The van der Waals surface area contributed by atoms with E-state index in [0.717, 1.165) is 10.9 Å². The van der Waals surface area contributed by atoms with E-state index in [2.05, 4.69) is 16.2 Å². The third-order valence-corrected chi connectivity index (χ3v) is 3.09. The lowest BCUT2D eigenvalue weighted by molar-refractivity contribution is 0.433. The van der Waals surface area contributed by atoms with Crippen LogP contribution in [0.1, 0.15) is 11.3 Å². The first-order valence-electron chi connectivity index (χ1n) is 6.16. The largest absolute Gasteiger partial charge is 0.437 e. The van der Waals surface area contributed by atoms with Crippen LogP contribution in [0.15, 0.2) is 36.5 Å². The maximum atomic E-state index is 9.21. The molecule has 1 aromatic carbocycles. The van der Waals surface area contributed by atoms with Gasteiger partial charge in [-0.05, 0) is 31.2 Å². The highest BCUT2D eigenvalue weighted by atomic mass is 16.5. The van der Waals surface area contributed by atoms with Gasteiger partial charge in [0.25, 0.3) is 0 Å². The molecule has 2 aromatic heterocycles. The zero-order valence-corrected chi connectivity index (χ0v) is 11.2. The summed E-state index contributed by atoms with van der Waals surface area (Å²) in [6.45, 7) is 1.79. The first kappa shape index (κ1) is 12.2. The number of hydrogen-bond donors (Lipinski definition) is 0. The molecular formula is C15H12N4O. The highest BCUT2D eigenvalue weighted by Crippen LogP contribution is 2.31. The van der Waals surface area contributed by atoms with Crippen LogP contribution < -0.4 is 4.74 Å². The van der Waals surface area contributed by atoms with Crippen molar-refractivity contribution in [2.75, 3.05) is 0 Å². The van der Waals surface area contributed by atoms with Gasteiger partial charge in [0.05, 0.1) is 11.2 Å². The first-order chi connectivity index (χ1) is 9.70. The fraction of sp³-hybridized carbons (Fsp3) is 0.133. The van der Waals surface area contributed by atoms with Gasteiger partial charge in [-0.2, -0.15) is 10.4 Å². The van der Waals surface area contributed by atoms with Crippen molar-refractivity contribution in [1.29, 1.82) is 5.26 Å². The summed E-state index contributed by atoms with van der Waals surface area (Å²) in [5, 5.41) is 14.3. The van der Waals surface area contributed by atoms with E-state index in [0.29, 0.717) is 22.9 Å². The van der Waals surface area contributed by atoms with Gasteiger partial charge in [-0.3, -0.25) is 4.98 Å². The molecule has 0 fully saturated rings. The molecule has 0 aliphatic carbocycles. The Kier molecular flexibility index (Phi) is 2.84. The van der Waals surface area contributed by atoms with Crippen LogP contribution in [0.25, 0.3) is 10.9 Å². The summed E-state index contributed by atoms with van der Waals surface area (Å²) in [5.74, 6) is 1.11. The Morgan fingerprint density at radius 1 is 1.25 bits per heavy atom. The summed E-state index contributed by atoms with van der Waals surface area (Å²) in [6, 6.07) is 11.6. The van der Waals surface area contributed by atoms with Crippen LogP contribution in [0.2, 0.25) is 0 Å². The van der Waals surface area contributed by atoms with E-state index in [1.807, 2.05) is 30.3 Å². The molecule has 0 aliphatic rings. The van der Waals surface area contributed by atoms with E-state index in [4.69, 9.17) is 4.74 Å². The van der Waals surface area contributed by atoms with Crippen molar-refractivity contribution in [3.05, 3.63) is 47.8 Å². The Hall–Kier alpha value is -2.87. The quantitative estimate of drug-likeness (QED) is 0.713. The number of nitriles is 1. The molecule has 0 saturated carbocycles. The van der Waals surface area contributed by atoms with Crippen molar-refractivity contribution < 1.29 is 4.74 Å². The minimum absolute atomic E-state index is 0.446. The topological polar surface area (TPSA) is 63.7 Å². The zero-order chi connectivity index (χ0) is 14.1. The van der Waals surface area contributed by atoms with Gasteiger partial charge >= 0.3 is 0 Å². The van der Waals surface area contributed by atoms with E-state index < -0.39 is 0 Å². The molecule has 0 N–H and O–H groups in total. The molecule has 0 atom stereocenters. The van der Waals surface area contributed by atoms with Gasteiger partial charge < -0.3 is 4.74 Å². The zero-order valence-electron chi connectivity index (χ0n) is 11.2. The van der Waals surface area contributed by atoms with Crippen molar-refractivity contribution in [3.8, 4) is 17.7 Å². The van der Waals surface area contributed by atoms with Crippen molar-refractivity contribution in [3.63, 3.8) is 0 Å². The molecule has 0 spiro atoms. The summed E-state index contributed by atoms with van der Waals surface area (Å²) >= 11 is 0. The number of pyridine rings is 1. The van der Waals surface area contributed by atoms with E-state index in [9.17, 15) is 5.26 Å². The summed E-state index contributed by atoms with van der Waals surface area (Å²) in [5.41, 5.74) is 1.96. The predicted molar refractivity (Wildman–Crippen MR) is 74.5 cm³/mol. The van der Waals surface area contributed by atoms with Crippen LogP contribution in [0.4, 0.5) is 0 Å². The van der Waals surface area contributed by atoms with Crippen molar-refractivity contribution in [2.24, 2.45) is 7.05 Å². The number of aromatic nitrogens is 3. The van der Waals surface area contributed by atoms with Crippen molar-refractivity contribution >= 4 is 10.9 Å². The van der Waals surface area contributed by atoms with Gasteiger partial charge in [-0.1, -0.05) is 6.07 Å². The van der Waals surface area contributed by atoms with Crippen LogP contribution in [-0.4, -0.2) is 14.8 Å². The minimum Gasteiger partial charge on any atom is -0.437 e. The number of fused-ring (bicyclic) bond motifs is 1. The van der Waals surface area contributed by atoms with Gasteiger partial charge in [-0.25, -0.2) is 4.68 Å². The number of benzene rings is 1. The molecule has 5 nitrogen and oxygen atoms in total. The molecule has 0 amide bonds. The van der Waals surface area contributed by atoms with Crippen molar-refractivity contribution in [2.45, 2.75) is 6.92 Å². The molecule has 0 bridgehead atoms. The third kappa shape index (κ3) is 1.88. The molecule has 0 saturated heterocycles. The van der Waals surface area contributed by atoms with E-state index in [1.165, 1.54) is 0 Å². The van der Waals surface area contributed by atoms with Crippen LogP contribution >= 0.6 is 0 Å². The Morgan fingerprint density at radius 3 is 2.90 bits per heavy atom. The predicted octanol–water partition coefficient (Wildman–Crippen LogP) is 2.94. The number of ether oxygens (including phenoxy) is 1. The lowest BCUT2D eigenvalue weighted by Crippen LogP contribution is -1.96. The van der Waals surface area contributed by atoms with E-state index in [1.54, 1.807) is 24.9 Å². The Morgan fingerprint density at radius 2 is 2.10 bits per heavy atom. The number of hydrogen-bond acceptors (Lipinski definition) is 4. The molecular weight excluding hydrogens is 252 g/mol. The van der Waals surface area contributed by atoms with Crippen LogP contribution in [0.5, 0.6) is 11.6 Å². The molecule has 0 aliphatic heterocycles.